The number of carbonyl (C=O) groups is 4. The number of amides is 3. The van der Waals surface area contributed by atoms with Crippen LogP contribution in [0.15, 0.2) is 0 Å². The number of hydrogen-bond acceptors (Lipinski definition) is 6. The van der Waals surface area contributed by atoms with E-state index in [0.29, 0.717) is 0 Å². The van der Waals surface area contributed by atoms with Crippen LogP contribution in [-0.4, -0.2) is 73.2 Å². The van der Waals surface area contributed by atoms with Crippen LogP contribution in [0.4, 0.5) is 4.79 Å². The quantitative estimate of drug-likeness (QED) is 0.701. The molecule has 23 heavy (non-hydrogen) atoms. The average molecular weight is 329 g/mol. The Morgan fingerprint density at radius 3 is 2.17 bits per heavy atom. The van der Waals surface area contributed by atoms with E-state index >= 15 is 0 Å². The van der Waals surface area contributed by atoms with Gasteiger partial charge in [-0.1, -0.05) is 13.8 Å². The topological polar surface area (TPSA) is 105 Å². The van der Waals surface area contributed by atoms with Gasteiger partial charge in [0.25, 0.3) is 0 Å². The summed E-state index contributed by atoms with van der Waals surface area (Å²) in [5.41, 5.74) is 0. The van der Waals surface area contributed by atoms with Crippen molar-refractivity contribution in [1.82, 2.24) is 15.1 Å². The number of ether oxygens (including phenoxy) is 2. The smallest absolute Gasteiger partial charge is 0.407 e. The predicted molar refractivity (Wildman–Crippen MR) is 79.1 cm³/mol. The highest BCUT2D eigenvalue weighted by atomic mass is 16.5. The molecule has 0 saturated carbocycles. The molecule has 9 heteroatoms. The van der Waals surface area contributed by atoms with E-state index < -0.39 is 30.1 Å². The van der Waals surface area contributed by atoms with Gasteiger partial charge in [-0.2, -0.15) is 0 Å². The molecule has 0 radical (unpaired) electrons. The highest BCUT2D eigenvalue weighted by Gasteiger charge is 2.43. The first kappa shape index (κ1) is 18.7. The number of methoxy groups -OCH3 is 2. The average Bonchev–Trinajstić information content (AvgIpc) is 2.95. The molecule has 0 aromatic rings. The van der Waals surface area contributed by atoms with Crippen molar-refractivity contribution in [3.8, 4) is 0 Å². The maximum absolute atomic E-state index is 12.7. The summed E-state index contributed by atoms with van der Waals surface area (Å²) in [5, 5.41) is 2.46. The van der Waals surface area contributed by atoms with E-state index in [0.717, 1.165) is 0 Å². The van der Waals surface area contributed by atoms with Crippen molar-refractivity contribution in [2.75, 3.05) is 27.4 Å². The number of nitrogens with zero attached hydrogens (tertiary/aromatic N) is 2. The maximum atomic E-state index is 12.7. The highest BCUT2D eigenvalue weighted by Crippen LogP contribution is 2.18. The molecule has 0 bridgehead atoms. The predicted octanol–water partition coefficient (Wildman–Crippen LogP) is -0.443. The molecule has 0 spiro atoms. The standard InChI is InChI=1S/C14H23N3O6/c1-8(2)11(15-14(21)23-5)12(19)17-7-16(9(3)18)6-10(17)13(20)22-4/h8,10-11H,6-7H2,1-5H3,(H,15,21). The summed E-state index contributed by atoms with van der Waals surface area (Å²) in [6.07, 6.45) is -0.741. The molecule has 1 aliphatic heterocycles. The van der Waals surface area contributed by atoms with Gasteiger partial charge in [0.2, 0.25) is 11.8 Å². The fraction of sp³-hybridized carbons (Fsp3) is 0.714. The fourth-order valence-corrected chi connectivity index (χ4v) is 2.31. The summed E-state index contributed by atoms with van der Waals surface area (Å²) < 4.78 is 9.22. The van der Waals surface area contributed by atoms with Crippen LogP contribution in [-0.2, 0) is 23.9 Å². The summed E-state index contributed by atoms with van der Waals surface area (Å²) in [6, 6.07) is -1.77. The Hall–Kier alpha value is -2.32. The molecule has 1 rings (SSSR count). The van der Waals surface area contributed by atoms with Crippen molar-refractivity contribution in [2.45, 2.75) is 32.9 Å². The third kappa shape index (κ3) is 4.33. The third-order valence-electron chi connectivity index (χ3n) is 3.69. The summed E-state index contributed by atoms with van der Waals surface area (Å²) >= 11 is 0. The van der Waals surface area contributed by atoms with E-state index in [4.69, 9.17) is 4.74 Å². The molecule has 1 saturated heterocycles. The molecule has 0 aromatic carbocycles. The van der Waals surface area contributed by atoms with Crippen molar-refractivity contribution < 1.29 is 28.7 Å². The molecular formula is C14H23N3O6. The van der Waals surface area contributed by atoms with Gasteiger partial charge in [0.15, 0.2) is 0 Å². The van der Waals surface area contributed by atoms with Gasteiger partial charge in [0.1, 0.15) is 12.1 Å². The van der Waals surface area contributed by atoms with Crippen LogP contribution < -0.4 is 5.32 Å². The third-order valence-corrected chi connectivity index (χ3v) is 3.69. The highest BCUT2D eigenvalue weighted by molar-refractivity contribution is 5.91. The number of rotatable bonds is 4. The molecule has 2 atom stereocenters. The van der Waals surface area contributed by atoms with Crippen LogP contribution in [0, 0.1) is 5.92 Å². The Morgan fingerprint density at radius 2 is 1.74 bits per heavy atom. The lowest BCUT2D eigenvalue weighted by atomic mass is 10.0. The molecule has 2 unspecified atom stereocenters. The fourth-order valence-electron chi connectivity index (χ4n) is 2.31. The van der Waals surface area contributed by atoms with Gasteiger partial charge in [-0.15, -0.1) is 0 Å². The van der Waals surface area contributed by atoms with E-state index in [-0.39, 0.29) is 25.0 Å². The lowest BCUT2D eigenvalue weighted by Crippen LogP contribution is -2.54. The van der Waals surface area contributed by atoms with Crippen LogP contribution in [0.3, 0.4) is 0 Å². The molecule has 0 aromatic heterocycles. The first-order chi connectivity index (χ1) is 10.7. The van der Waals surface area contributed by atoms with Crippen LogP contribution in [0.2, 0.25) is 0 Å². The Morgan fingerprint density at radius 1 is 1.13 bits per heavy atom. The first-order valence-electron chi connectivity index (χ1n) is 7.21. The van der Waals surface area contributed by atoms with Crippen molar-refractivity contribution in [3.63, 3.8) is 0 Å². The molecule has 0 aliphatic carbocycles. The Labute approximate surface area is 134 Å². The maximum Gasteiger partial charge on any atom is 0.407 e. The first-order valence-corrected chi connectivity index (χ1v) is 7.21. The van der Waals surface area contributed by atoms with Gasteiger partial charge in [-0.05, 0) is 5.92 Å². The van der Waals surface area contributed by atoms with Gasteiger partial charge in [0, 0.05) is 6.92 Å². The Bertz CT molecular complexity index is 493. The normalized spacial score (nSPS) is 18.6. The number of esters is 1. The molecule has 130 valence electrons. The summed E-state index contributed by atoms with van der Waals surface area (Å²) in [6.45, 7) is 4.90. The van der Waals surface area contributed by atoms with Crippen molar-refractivity contribution >= 4 is 23.9 Å². The second kappa shape index (κ2) is 7.80. The zero-order valence-corrected chi connectivity index (χ0v) is 14.0. The monoisotopic (exact) mass is 329 g/mol. The van der Waals surface area contributed by atoms with E-state index in [9.17, 15) is 19.2 Å². The lowest BCUT2D eigenvalue weighted by Gasteiger charge is -2.28. The van der Waals surface area contributed by atoms with E-state index in [1.54, 1.807) is 13.8 Å². The number of alkyl carbamates (subject to hydrolysis) is 1. The summed E-state index contributed by atoms with van der Waals surface area (Å²) in [4.78, 5) is 50.2. The Kier molecular flexibility index (Phi) is 6.35. The minimum atomic E-state index is -0.892. The largest absolute Gasteiger partial charge is 0.467 e. The van der Waals surface area contributed by atoms with E-state index in [1.165, 1.54) is 30.9 Å². The summed E-state index contributed by atoms with van der Waals surface area (Å²) in [5.74, 6) is -1.56. The van der Waals surface area contributed by atoms with Crippen molar-refractivity contribution in [3.05, 3.63) is 0 Å². The molecule has 1 aliphatic rings. The van der Waals surface area contributed by atoms with Gasteiger partial charge in [-0.3, -0.25) is 9.59 Å². The van der Waals surface area contributed by atoms with Gasteiger partial charge in [0.05, 0.1) is 27.4 Å². The van der Waals surface area contributed by atoms with Gasteiger partial charge >= 0.3 is 12.1 Å². The van der Waals surface area contributed by atoms with Crippen LogP contribution in [0.1, 0.15) is 20.8 Å². The van der Waals surface area contributed by atoms with Crippen molar-refractivity contribution in [1.29, 1.82) is 0 Å². The van der Waals surface area contributed by atoms with Crippen LogP contribution in [0.25, 0.3) is 0 Å². The molecule has 1 N–H and O–H groups in total. The molecule has 1 heterocycles. The zero-order valence-electron chi connectivity index (χ0n) is 14.0. The van der Waals surface area contributed by atoms with Gasteiger partial charge < -0.3 is 24.6 Å². The molecule has 3 amide bonds. The number of hydrogen-bond donors (Lipinski definition) is 1. The SMILES string of the molecule is COC(=O)NC(C(=O)N1CN(C(C)=O)CC1C(=O)OC)C(C)C. The number of nitrogens with one attached hydrogen (secondary N) is 1. The van der Waals surface area contributed by atoms with Crippen molar-refractivity contribution in [2.24, 2.45) is 5.92 Å². The molecule has 9 nitrogen and oxygen atoms in total. The lowest BCUT2D eigenvalue weighted by molar-refractivity contribution is -0.151. The minimum Gasteiger partial charge on any atom is -0.467 e. The second-order valence-electron chi connectivity index (χ2n) is 5.59. The molecular weight excluding hydrogens is 306 g/mol. The van der Waals surface area contributed by atoms with Crippen LogP contribution >= 0.6 is 0 Å². The Balaban J connectivity index is 3.01. The molecule has 1 fully saturated rings. The van der Waals surface area contributed by atoms with Crippen LogP contribution in [0.5, 0.6) is 0 Å². The number of carbonyl (C=O) groups excluding carboxylic acids is 4. The van der Waals surface area contributed by atoms with Gasteiger partial charge in [-0.25, -0.2) is 9.59 Å². The van der Waals surface area contributed by atoms with E-state index in [1.807, 2.05) is 0 Å². The zero-order chi connectivity index (χ0) is 17.7. The van der Waals surface area contributed by atoms with E-state index in [2.05, 4.69) is 10.1 Å². The second-order valence-corrected chi connectivity index (χ2v) is 5.59. The minimum absolute atomic E-state index is 0.0278. The summed E-state index contributed by atoms with van der Waals surface area (Å²) in [7, 11) is 2.41.